The third-order valence-corrected chi connectivity index (χ3v) is 5.96. The van der Waals surface area contributed by atoms with Crippen LogP contribution in [0.3, 0.4) is 0 Å². The zero-order valence-corrected chi connectivity index (χ0v) is 17.7. The largest absolute Gasteiger partial charge is 0.351 e. The van der Waals surface area contributed by atoms with Gasteiger partial charge in [0.05, 0.1) is 17.9 Å². The van der Waals surface area contributed by atoms with Gasteiger partial charge in [-0.25, -0.2) is 4.39 Å². The van der Waals surface area contributed by atoms with Crippen LogP contribution in [-0.2, 0) is 4.79 Å². The Bertz CT molecular complexity index is 1010. The predicted molar refractivity (Wildman–Crippen MR) is 117 cm³/mol. The number of rotatable bonds is 6. The molecule has 0 saturated heterocycles. The van der Waals surface area contributed by atoms with Crippen molar-refractivity contribution in [2.24, 2.45) is 0 Å². The van der Waals surface area contributed by atoms with Gasteiger partial charge >= 0.3 is 0 Å². The van der Waals surface area contributed by atoms with Crippen molar-refractivity contribution in [2.45, 2.75) is 44.2 Å². The number of aromatic nitrogens is 2. The maximum atomic E-state index is 13.6. The average molecular weight is 439 g/mol. The van der Waals surface area contributed by atoms with Crippen LogP contribution in [0.25, 0.3) is 0 Å². The minimum atomic E-state index is -0.928. The van der Waals surface area contributed by atoms with E-state index < -0.39 is 17.8 Å². The standard InChI is InChI=1S/C23H23FN4O2S/c24-17-11-13-19(14-12-17)28(23(30)20-15-25-31-27-20)21(16-7-3-1-4-8-16)22(29)26-18-9-5-2-6-10-18/h1,3-4,7-8,11-15,18,21H,2,5-6,9-10H2,(H,26,29). The smallest absolute Gasteiger partial charge is 0.280 e. The lowest BCUT2D eigenvalue weighted by atomic mass is 9.94. The molecule has 3 aromatic rings. The van der Waals surface area contributed by atoms with Crippen LogP contribution in [-0.4, -0.2) is 26.6 Å². The molecule has 8 heteroatoms. The Morgan fingerprint density at radius 3 is 2.39 bits per heavy atom. The number of amides is 2. The average Bonchev–Trinajstić information content (AvgIpc) is 3.34. The van der Waals surface area contributed by atoms with Crippen LogP contribution in [0.1, 0.15) is 54.2 Å². The van der Waals surface area contributed by atoms with Gasteiger partial charge in [0.1, 0.15) is 11.9 Å². The van der Waals surface area contributed by atoms with E-state index >= 15 is 0 Å². The molecule has 1 fully saturated rings. The zero-order valence-electron chi connectivity index (χ0n) is 16.9. The lowest BCUT2D eigenvalue weighted by Gasteiger charge is -2.33. The van der Waals surface area contributed by atoms with E-state index in [-0.39, 0.29) is 17.6 Å². The van der Waals surface area contributed by atoms with Crippen LogP contribution in [0.5, 0.6) is 0 Å². The molecule has 31 heavy (non-hydrogen) atoms. The lowest BCUT2D eigenvalue weighted by molar-refractivity contribution is -0.123. The van der Waals surface area contributed by atoms with Crippen molar-refractivity contribution >= 4 is 29.2 Å². The maximum Gasteiger partial charge on any atom is 0.280 e. The van der Waals surface area contributed by atoms with Crippen molar-refractivity contribution in [3.05, 3.63) is 77.9 Å². The van der Waals surface area contributed by atoms with Crippen LogP contribution in [0.4, 0.5) is 10.1 Å². The number of halogens is 1. The van der Waals surface area contributed by atoms with E-state index in [2.05, 4.69) is 14.1 Å². The molecular formula is C23H23FN4O2S. The zero-order chi connectivity index (χ0) is 21.6. The summed E-state index contributed by atoms with van der Waals surface area (Å²) in [4.78, 5) is 28.4. The van der Waals surface area contributed by atoms with Crippen molar-refractivity contribution in [1.29, 1.82) is 0 Å². The normalized spacial score (nSPS) is 15.3. The Kier molecular flexibility index (Phi) is 6.66. The Labute approximate surface area is 184 Å². The Hall–Kier alpha value is -3.13. The lowest BCUT2D eigenvalue weighted by Crippen LogP contribution is -2.47. The quantitative estimate of drug-likeness (QED) is 0.614. The van der Waals surface area contributed by atoms with Crippen LogP contribution in [0.2, 0.25) is 0 Å². The first-order chi connectivity index (χ1) is 15.1. The Morgan fingerprint density at radius 1 is 1.03 bits per heavy atom. The van der Waals surface area contributed by atoms with Crippen LogP contribution >= 0.6 is 11.7 Å². The highest BCUT2D eigenvalue weighted by Crippen LogP contribution is 2.30. The molecule has 4 rings (SSSR count). The summed E-state index contributed by atoms with van der Waals surface area (Å²) >= 11 is 0.919. The van der Waals surface area contributed by atoms with Gasteiger partial charge in [-0.2, -0.15) is 8.75 Å². The van der Waals surface area contributed by atoms with Crippen molar-refractivity contribution in [1.82, 2.24) is 14.1 Å². The first-order valence-electron chi connectivity index (χ1n) is 10.4. The van der Waals surface area contributed by atoms with Crippen molar-refractivity contribution in [3.8, 4) is 0 Å². The SMILES string of the molecule is O=C(NC1CCCCC1)C(c1ccccc1)N(C(=O)c1cnsn1)c1ccc(F)cc1. The highest BCUT2D eigenvalue weighted by molar-refractivity contribution is 6.99. The van der Waals surface area contributed by atoms with Crippen molar-refractivity contribution < 1.29 is 14.0 Å². The fourth-order valence-corrected chi connectivity index (χ4v) is 4.35. The van der Waals surface area contributed by atoms with Crippen LogP contribution in [0, 0.1) is 5.82 Å². The van der Waals surface area contributed by atoms with E-state index in [0.717, 1.165) is 37.4 Å². The van der Waals surface area contributed by atoms with E-state index in [1.54, 1.807) is 0 Å². The molecule has 6 nitrogen and oxygen atoms in total. The van der Waals surface area contributed by atoms with Crippen LogP contribution < -0.4 is 10.2 Å². The topological polar surface area (TPSA) is 75.2 Å². The minimum Gasteiger partial charge on any atom is -0.351 e. The molecule has 1 aromatic heterocycles. The molecule has 0 aliphatic heterocycles. The van der Waals surface area contributed by atoms with E-state index in [1.165, 1.54) is 41.8 Å². The molecule has 1 aliphatic rings. The monoisotopic (exact) mass is 438 g/mol. The number of carbonyl (C=O) groups is 2. The molecule has 0 bridgehead atoms. The van der Waals surface area contributed by atoms with E-state index in [4.69, 9.17) is 0 Å². The van der Waals surface area contributed by atoms with Crippen molar-refractivity contribution in [3.63, 3.8) is 0 Å². The number of carbonyl (C=O) groups excluding carboxylic acids is 2. The molecule has 2 amide bonds. The van der Waals surface area contributed by atoms with Gasteiger partial charge in [-0.05, 0) is 42.7 Å². The summed E-state index contributed by atoms with van der Waals surface area (Å²) < 4.78 is 21.6. The molecule has 1 atom stereocenters. The number of hydrogen-bond donors (Lipinski definition) is 1. The molecule has 1 heterocycles. The molecule has 160 valence electrons. The second kappa shape index (κ2) is 9.78. The van der Waals surface area contributed by atoms with Crippen LogP contribution in [0.15, 0.2) is 60.8 Å². The van der Waals surface area contributed by atoms with Gasteiger partial charge in [0, 0.05) is 11.7 Å². The maximum absolute atomic E-state index is 13.6. The number of hydrogen-bond acceptors (Lipinski definition) is 5. The number of anilines is 1. The fraction of sp³-hybridized carbons (Fsp3) is 0.304. The molecule has 1 N–H and O–H groups in total. The highest BCUT2D eigenvalue weighted by Gasteiger charge is 2.35. The third-order valence-electron chi connectivity index (χ3n) is 5.48. The van der Waals surface area contributed by atoms with E-state index in [1.807, 2.05) is 30.3 Å². The molecule has 0 radical (unpaired) electrons. The summed E-state index contributed by atoms with van der Waals surface area (Å²) in [6, 6.07) is 13.8. The third kappa shape index (κ3) is 4.96. The summed E-state index contributed by atoms with van der Waals surface area (Å²) in [5.74, 6) is -1.15. The number of nitrogens with zero attached hydrogens (tertiary/aromatic N) is 3. The molecular weight excluding hydrogens is 415 g/mol. The molecule has 1 unspecified atom stereocenters. The molecule has 0 spiro atoms. The summed E-state index contributed by atoms with van der Waals surface area (Å²) in [5.41, 5.74) is 1.21. The molecule has 1 saturated carbocycles. The minimum absolute atomic E-state index is 0.0820. The Balaban J connectivity index is 1.76. The number of benzene rings is 2. The summed E-state index contributed by atoms with van der Waals surface area (Å²) in [7, 11) is 0. The van der Waals surface area contributed by atoms with Gasteiger partial charge in [0.2, 0.25) is 5.91 Å². The fourth-order valence-electron chi connectivity index (χ4n) is 3.95. The van der Waals surface area contributed by atoms with Crippen molar-refractivity contribution in [2.75, 3.05) is 4.90 Å². The Morgan fingerprint density at radius 2 is 1.74 bits per heavy atom. The van der Waals surface area contributed by atoms with Gasteiger partial charge in [-0.1, -0.05) is 49.6 Å². The van der Waals surface area contributed by atoms with E-state index in [0.29, 0.717) is 11.3 Å². The summed E-state index contributed by atoms with van der Waals surface area (Å²) in [6.07, 6.45) is 6.55. The van der Waals surface area contributed by atoms with E-state index in [9.17, 15) is 14.0 Å². The highest BCUT2D eigenvalue weighted by atomic mass is 32.1. The first kappa shape index (κ1) is 21.1. The molecule has 1 aliphatic carbocycles. The van der Waals surface area contributed by atoms with Gasteiger partial charge in [-0.15, -0.1) is 0 Å². The summed E-state index contributed by atoms with van der Waals surface area (Å²) in [5, 5.41) is 3.14. The molecule has 2 aromatic carbocycles. The summed E-state index contributed by atoms with van der Waals surface area (Å²) in [6.45, 7) is 0. The van der Waals surface area contributed by atoms with Gasteiger partial charge < -0.3 is 5.32 Å². The predicted octanol–water partition coefficient (Wildman–Crippen LogP) is 4.51. The van der Waals surface area contributed by atoms with Gasteiger partial charge in [0.25, 0.3) is 5.91 Å². The second-order valence-corrected chi connectivity index (χ2v) is 8.16. The number of nitrogens with one attached hydrogen (secondary N) is 1. The second-order valence-electron chi connectivity index (χ2n) is 7.60. The van der Waals surface area contributed by atoms with Gasteiger partial charge in [0.15, 0.2) is 5.69 Å². The first-order valence-corrected chi connectivity index (χ1v) is 11.1. The van der Waals surface area contributed by atoms with Gasteiger partial charge in [-0.3, -0.25) is 14.5 Å².